The van der Waals surface area contributed by atoms with Crippen LogP contribution in [0.25, 0.3) is 28.1 Å². The maximum atomic E-state index is 10.5. The molecule has 1 aliphatic rings. The lowest BCUT2D eigenvalue weighted by Gasteiger charge is -2.30. The number of rotatable bonds is 4. The van der Waals surface area contributed by atoms with Gasteiger partial charge in [-0.1, -0.05) is 18.6 Å². The number of H-pyrrole nitrogens is 1. The van der Waals surface area contributed by atoms with Gasteiger partial charge in [0.25, 0.3) is 0 Å². The Hall–Kier alpha value is -2.99. The van der Waals surface area contributed by atoms with Crippen LogP contribution in [0.2, 0.25) is 0 Å². The molecule has 0 bridgehead atoms. The molecule has 0 aliphatic heterocycles. The van der Waals surface area contributed by atoms with E-state index in [-0.39, 0.29) is 0 Å². The number of aliphatic hydroxyl groups is 1. The zero-order valence-corrected chi connectivity index (χ0v) is 14.2. The first kappa shape index (κ1) is 15.3. The van der Waals surface area contributed by atoms with Crippen molar-refractivity contribution in [3.8, 4) is 17.1 Å². The van der Waals surface area contributed by atoms with Gasteiger partial charge >= 0.3 is 0 Å². The van der Waals surface area contributed by atoms with E-state index in [1.807, 2.05) is 36.7 Å². The minimum atomic E-state index is -0.404. The van der Waals surface area contributed by atoms with Crippen LogP contribution in [0.4, 0.5) is 0 Å². The zero-order valence-electron chi connectivity index (χ0n) is 14.2. The van der Waals surface area contributed by atoms with Crippen molar-refractivity contribution in [2.45, 2.75) is 25.4 Å². The van der Waals surface area contributed by atoms with Gasteiger partial charge in [0.1, 0.15) is 12.0 Å². The Balaban J connectivity index is 1.53. The highest BCUT2D eigenvalue weighted by Gasteiger charge is 2.27. The third-order valence-electron chi connectivity index (χ3n) is 5.30. The normalized spacial score (nSPS) is 15.9. The molecule has 26 heavy (non-hydrogen) atoms. The molecule has 0 radical (unpaired) electrons. The number of aliphatic hydroxyl groups excluding tert-OH is 1. The molecule has 6 nitrogen and oxygen atoms in total. The van der Waals surface area contributed by atoms with Gasteiger partial charge < -0.3 is 9.67 Å². The number of pyridine rings is 1. The summed E-state index contributed by atoms with van der Waals surface area (Å²) in [5.41, 5.74) is 3.77. The molecule has 0 spiro atoms. The van der Waals surface area contributed by atoms with Crippen molar-refractivity contribution in [3.63, 3.8) is 0 Å². The molecule has 4 aromatic rings. The fourth-order valence-electron chi connectivity index (χ4n) is 3.59. The summed E-state index contributed by atoms with van der Waals surface area (Å²) >= 11 is 0. The van der Waals surface area contributed by atoms with Crippen LogP contribution in [0.5, 0.6) is 0 Å². The number of aromatic nitrogens is 5. The summed E-state index contributed by atoms with van der Waals surface area (Å²) in [6.07, 6.45) is 8.35. The van der Waals surface area contributed by atoms with Crippen LogP contribution in [-0.4, -0.2) is 29.8 Å². The molecule has 3 aromatic heterocycles. The van der Waals surface area contributed by atoms with Gasteiger partial charge in [0.2, 0.25) is 0 Å². The number of fused-ring (bicyclic) bond motifs is 1. The van der Waals surface area contributed by atoms with Gasteiger partial charge in [-0.05, 0) is 48.6 Å². The number of nitrogens with zero attached hydrogens (tertiary/aromatic N) is 4. The van der Waals surface area contributed by atoms with Crippen LogP contribution in [0.3, 0.4) is 0 Å². The Kier molecular flexibility index (Phi) is 3.57. The molecule has 1 fully saturated rings. The summed E-state index contributed by atoms with van der Waals surface area (Å²) in [6.45, 7) is 0. The minimum Gasteiger partial charge on any atom is -0.388 e. The average Bonchev–Trinajstić information content (AvgIpc) is 3.29. The highest BCUT2D eigenvalue weighted by molar-refractivity contribution is 5.79. The Bertz CT molecular complexity index is 1050. The number of nitrogens with one attached hydrogen (secondary N) is 1. The molecule has 0 amide bonds. The molecule has 1 saturated carbocycles. The summed E-state index contributed by atoms with van der Waals surface area (Å²) in [5.74, 6) is 1.12. The van der Waals surface area contributed by atoms with Gasteiger partial charge in [0.05, 0.1) is 6.10 Å². The SMILES string of the molecule is O[C@H](c1cnc2c(ccn2-c2cccc(-c3ncn[nH]3)c2)c1)C1CCC1. The van der Waals surface area contributed by atoms with Gasteiger partial charge in [0.15, 0.2) is 5.82 Å². The van der Waals surface area contributed by atoms with E-state index >= 15 is 0 Å². The van der Waals surface area contributed by atoms with Gasteiger partial charge in [-0.15, -0.1) is 0 Å². The van der Waals surface area contributed by atoms with Gasteiger partial charge in [0, 0.05) is 29.0 Å². The summed E-state index contributed by atoms with van der Waals surface area (Å²) < 4.78 is 2.05. The predicted molar refractivity (Wildman–Crippen MR) is 98.7 cm³/mol. The van der Waals surface area contributed by atoms with E-state index in [0.717, 1.165) is 46.5 Å². The monoisotopic (exact) mass is 345 g/mol. The van der Waals surface area contributed by atoms with Crippen molar-refractivity contribution in [1.82, 2.24) is 24.7 Å². The van der Waals surface area contributed by atoms with Crippen LogP contribution >= 0.6 is 0 Å². The summed E-state index contributed by atoms with van der Waals surface area (Å²) in [7, 11) is 0. The largest absolute Gasteiger partial charge is 0.388 e. The average molecular weight is 345 g/mol. The molecule has 1 atom stereocenters. The fourth-order valence-corrected chi connectivity index (χ4v) is 3.59. The van der Waals surface area contributed by atoms with Crippen LogP contribution in [0, 0.1) is 5.92 Å². The van der Waals surface area contributed by atoms with E-state index in [1.54, 1.807) is 0 Å². The molecule has 1 aliphatic carbocycles. The van der Waals surface area contributed by atoms with E-state index in [2.05, 4.69) is 36.9 Å². The van der Waals surface area contributed by atoms with E-state index in [0.29, 0.717) is 5.92 Å². The number of benzene rings is 1. The van der Waals surface area contributed by atoms with E-state index in [9.17, 15) is 5.11 Å². The Morgan fingerprint density at radius 3 is 2.85 bits per heavy atom. The molecular formula is C20H19N5O. The summed E-state index contributed by atoms with van der Waals surface area (Å²) in [4.78, 5) is 8.85. The molecule has 2 N–H and O–H groups in total. The van der Waals surface area contributed by atoms with Crippen LogP contribution in [-0.2, 0) is 0 Å². The van der Waals surface area contributed by atoms with Crippen LogP contribution in [0.15, 0.2) is 55.1 Å². The van der Waals surface area contributed by atoms with Gasteiger partial charge in [-0.3, -0.25) is 5.10 Å². The first-order chi connectivity index (χ1) is 12.8. The molecule has 6 heteroatoms. The maximum Gasteiger partial charge on any atom is 0.155 e. The summed E-state index contributed by atoms with van der Waals surface area (Å²) in [6, 6.07) is 12.2. The lowest BCUT2D eigenvalue weighted by molar-refractivity contribution is 0.0619. The molecule has 1 aromatic carbocycles. The second-order valence-electron chi connectivity index (χ2n) is 6.89. The second kappa shape index (κ2) is 6.07. The van der Waals surface area contributed by atoms with Gasteiger partial charge in [-0.25, -0.2) is 9.97 Å². The number of hydrogen-bond donors (Lipinski definition) is 2. The van der Waals surface area contributed by atoms with Crippen molar-refractivity contribution in [2.24, 2.45) is 5.92 Å². The Morgan fingerprint density at radius 2 is 2.08 bits per heavy atom. The smallest absolute Gasteiger partial charge is 0.155 e. The van der Waals surface area contributed by atoms with Crippen LogP contribution in [0.1, 0.15) is 30.9 Å². The summed E-state index contributed by atoms with van der Waals surface area (Å²) in [5, 5.41) is 18.3. The maximum absolute atomic E-state index is 10.5. The van der Waals surface area contributed by atoms with E-state index < -0.39 is 6.10 Å². The standard InChI is InChI=1S/C20H19N5O/c26-18(13-3-1-4-13)16-9-15-7-8-25(20(15)21-11-16)17-6-2-5-14(10-17)19-22-12-23-24-19/h2,5-13,18,26H,1,3-4H2,(H,22,23,24)/t18-/m0/s1. The zero-order chi connectivity index (χ0) is 17.5. The quantitative estimate of drug-likeness (QED) is 0.592. The number of hydrogen-bond acceptors (Lipinski definition) is 4. The fraction of sp³-hybridized carbons (Fsp3) is 0.250. The van der Waals surface area contributed by atoms with Crippen molar-refractivity contribution >= 4 is 11.0 Å². The molecule has 0 unspecified atom stereocenters. The van der Waals surface area contributed by atoms with E-state index in [1.165, 1.54) is 12.7 Å². The first-order valence-electron chi connectivity index (χ1n) is 8.91. The molecule has 130 valence electrons. The number of aromatic amines is 1. The molecule has 0 saturated heterocycles. The highest BCUT2D eigenvalue weighted by Crippen LogP contribution is 2.38. The molecular weight excluding hydrogens is 326 g/mol. The molecule has 5 rings (SSSR count). The lowest BCUT2D eigenvalue weighted by atomic mass is 9.79. The Labute approximate surface area is 150 Å². The van der Waals surface area contributed by atoms with Crippen molar-refractivity contribution in [2.75, 3.05) is 0 Å². The van der Waals surface area contributed by atoms with Crippen LogP contribution < -0.4 is 0 Å². The lowest BCUT2D eigenvalue weighted by Crippen LogP contribution is -2.20. The minimum absolute atomic E-state index is 0.384. The third kappa shape index (κ3) is 2.50. The first-order valence-corrected chi connectivity index (χ1v) is 8.91. The topological polar surface area (TPSA) is 79.6 Å². The third-order valence-corrected chi connectivity index (χ3v) is 5.30. The van der Waals surface area contributed by atoms with Crippen molar-refractivity contribution in [1.29, 1.82) is 0 Å². The van der Waals surface area contributed by atoms with Crippen molar-refractivity contribution in [3.05, 3.63) is 60.7 Å². The van der Waals surface area contributed by atoms with E-state index in [4.69, 9.17) is 0 Å². The van der Waals surface area contributed by atoms with Gasteiger partial charge in [-0.2, -0.15) is 5.10 Å². The Morgan fingerprint density at radius 1 is 1.15 bits per heavy atom. The molecule has 3 heterocycles. The highest BCUT2D eigenvalue weighted by atomic mass is 16.3. The van der Waals surface area contributed by atoms with Crippen molar-refractivity contribution < 1.29 is 5.11 Å². The second-order valence-corrected chi connectivity index (χ2v) is 6.89. The predicted octanol–water partition coefficient (Wildman–Crippen LogP) is 3.64.